The Morgan fingerprint density at radius 3 is 3.06 bits per heavy atom. The molecule has 18 heavy (non-hydrogen) atoms. The molecule has 0 bridgehead atoms. The van der Waals surface area contributed by atoms with E-state index in [1.807, 2.05) is 17.8 Å². The number of benzene rings is 1. The maximum Gasteiger partial charge on any atom is 0.110 e. The number of nitrogens with zero attached hydrogens (tertiary/aromatic N) is 2. The van der Waals surface area contributed by atoms with Gasteiger partial charge >= 0.3 is 0 Å². The number of imidazole rings is 1. The SMILES string of the molecule is Cn1ccnc1CC(O)C1Cc2ccccc2S1. The van der Waals surface area contributed by atoms with Crippen LogP contribution in [0.15, 0.2) is 41.6 Å². The first-order valence-electron chi connectivity index (χ1n) is 6.13. The van der Waals surface area contributed by atoms with Gasteiger partial charge in [-0.1, -0.05) is 18.2 Å². The van der Waals surface area contributed by atoms with Gasteiger partial charge in [-0.05, 0) is 18.1 Å². The van der Waals surface area contributed by atoms with Gasteiger partial charge in [0.05, 0.1) is 6.10 Å². The molecule has 4 heteroatoms. The van der Waals surface area contributed by atoms with Gasteiger partial charge in [0.2, 0.25) is 0 Å². The lowest BCUT2D eigenvalue weighted by molar-refractivity contribution is 0.169. The zero-order valence-electron chi connectivity index (χ0n) is 10.3. The van der Waals surface area contributed by atoms with Gasteiger partial charge in [-0.2, -0.15) is 0 Å². The largest absolute Gasteiger partial charge is 0.391 e. The number of aliphatic hydroxyl groups excluding tert-OH is 1. The second-order valence-electron chi connectivity index (χ2n) is 4.69. The number of thioether (sulfide) groups is 1. The summed E-state index contributed by atoms with van der Waals surface area (Å²) in [6.45, 7) is 0. The third-order valence-corrected chi connectivity index (χ3v) is 4.85. The number of fused-ring (bicyclic) bond motifs is 1. The fraction of sp³-hybridized carbons (Fsp3) is 0.357. The van der Waals surface area contributed by atoms with Crippen molar-refractivity contribution in [3.05, 3.63) is 48.0 Å². The molecular formula is C14H16N2OS. The molecule has 0 saturated heterocycles. The van der Waals surface area contributed by atoms with Gasteiger partial charge in [-0.15, -0.1) is 11.8 Å². The van der Waals surface area contributed by atoms with Gasteiger partial charge in [0.15, 0.2) is 0 Å². The molecule has 1 aliphatic heterocycles. The van der Waals surface area contributed by atoms with Crippen molar-refractivity contribution in [3.8, 4) is 0 Å². The first-order chi connectivity index (χ1) is 8.74. The minimum absolute atomic E-state index is 0.249. The van der Waals surface area contributed by atoms with E-state index in [4.69, 9.17) is 0 Å². The summed E-state index contributed by atoms with van der Waals surface area (Å²) in [7, 11) is 1.96. The monoisotopic (exact) mass is 260 g/mol. The Hall–Kier alpha value is -1.26. The molecule has 0 saturated carbocycles. The molecule has 0 spiro atoms. The minimum Gasteiger partial charge on any atom is -0.391 e. The molecule has 2 unspecified atom stereocenters. The molecule has 1 aliphatic rings. The topological polar surface area (TPSA) is 38.0 Å². The van der Waals surface area contributed by atoms with E-state index in [0.717, 1.165) is 12.2 Å². The molecule has 0 amide bonds. The van der Waals surface area contributed by atoms with Crippen molar-refractivity contribution in [1.82, 2.24) is 9.55 Å². The van der Waals surface area contributed by atoms with Crippen LogP contribution in [-0.4, -0.2) is 26.0 Å². The van der Waals surface area contributed by atoms with Gasteiger partial charge in [-0.3, -0.25) is 0 Å². The van der Waals surface area contributed by atoms with Gasteiger partial charge < -0.3 is 9.67 Å². The summed E-state index contributed by atoms with van der Waals surface area (Å²) in [4.78, 5) is 5.58. The second kappa shape index (κ2) is 4.78. The quantitative estimate of drug-likeness (QED) is 0.917. The highest BCUT2D eigenvalue weighted by atomic mass is 32.2. The van der Waals surface area contributed by atoms with E-state index in [1.54, 1.807) is 18.0 Å². The smallest absolute Gasteiger partial charge is 0.110 e. The van der Waals surface area contributed by atoms with Crippen LogP contribution in [0.4, 0.5) is 0 Å². The van der Waals surface area contributed by atoms with Crippen molar-refractivity contribution < 1.29 is 5.11 Å². The molecule has 2 aromatic rings. The van der Waals surface area contributed by atoms with Crippen molar-refractivity contribution in [1.29, 1.82) is 0 Å². The molecule has 94 valence electrons. The van der Waals surface area contributed by atoms with E-state index in [-0.39, 0.29) is 11.4 Å². The Morgan fingerprint density at radius 1 is 1.50 bits per heavy atom. The molecule has 3 rings (SSSR count). The van der Waals surface area contributed by atoms with Crippen LogP contribution >= 0.6 is 11.8 Å². The lowest BCUT2D eigenvalue weighted by atomic mass is 10.0. The second-order valence-corrected chi connectivity index (χ2v) is 5.98. The summed E-state index contributed by atoms with van der Waals surface area (Å²) >= 11 is 1.78. The van der Waals surface area contributed by atoms with Crippen molar-refractivity contribution in [2.24, 2.45) is 7.05 Å². The standard InChI is InChI=1S/C14H16N2OS/c1-16-7-6-15-14(16)9-11(17)13-8-10-4-2-3-5-12(10)18-13/h2-7,11,13,17H,8-9H2,1H3. The number of hydrogen-bond acceptors (Lipinski definition) is 3. The Morgan fingerprint density at radius 2 is 2.33 bits per heavy atom. The minimum atomic E-state index is -0.344. The summed E-state index contributed by atoms with van der Waals surface area (Å²) in [5, 5.41) is 10.6. The fourth-order valence-electron chi connectivity index (χ4n) is 2.34. The number of aryl methyl sites for hydroxylation is 1. The van der Waals surface area contributed by atoms with Gasteiger partial charge in [0.25, 0.3) is 0 Å². The molecular weight excluding hydrogens is 244 g/mol. The highest BCUT2D eigenvalue weighted by Crippen LogP contribution is 2.38. The zero-order chi connectivity index (χ0) is 12.5. The number of aromatic nitrogens is 2. The maximum atomic E-state index is 10.3. The van der Waals surface area contributed by atoms with E-state index in [1.165, 1.54) is 10.5 Å². The van der Waals surface area contributed by atoms with Crippen LogP contribution in [0.25, 0.3) is 0 Å². The molecule has 1 aromatic carbocycles. The van der Waals surface area contributed by atoms with Crippen LogP contribution < -0.4 is 0 Å². The van der Waals surface area contributed by atoms with E-state index in [2.05, 4.69) is 29.2 Å². The zero-order valence-corrected chi connectivity index (χ0v) is 11.1. The summed E-state index contributed by atoms with van der Waals surface area (Å²) in [6, 6.07) is 8.40. The lowest BCUT2D eigenvalue weighted by Gasteiger charge is -2.16. The fourth-order valence-corrected chi connectivity index (χ4v) is 3.64. The summed E-state index contributed by atoms with van der Waals surface area (Å²) in [5.41, 5.74) is 1.35. The van der Waals surface area contributed by atoms with Crippen LogP contribution in [-0.2, 0) is 19.9 Å². The molecule has 1 aromatic heterocycles. The van der Waals surface area contributed by atoms with Gasteiger partial charge in [0.1, 0.15) is 5.82 Å². The van der Waals surface area contributed by atoms with E-state index < -0.39 is 0 Å². The summed E-state index contributed by atoms with van der Waals surface area (Å²) < 4.78 is 1.97. The van der Waals surface area contributed by atoms with Crippen LogP contribution in [0.5, 0.6) is 0 Å². The third kappa shape index (κ3) is 2.18. The molecule has 3 nitrogen and oxygen atoms in total. The molecule has 0 aliphatic carbocycles. The summed E-state index contributed by atoms with van der Waals surface area (Å²) in [6.07, 6.45) is 4.92. The van der Waals surface area contributed by atoms with Gasteiger partial charge in [-0.25, -0.2) is 4.98 Å². The number of rotatable bonds is 3. The van der Waals surface area contributed by atoms with Crippen molar-refractivity contribution in [2.45, 2.75) is 29.1 Å². The summed E-state index contributed by atoms with van der Waals surface area (Å²) in [5.74, 6) is 0.944. The van der Waals surface area contributed by atoms with E-state index >= 15 is 0 Å². The van der Waals surface area contributed by atoms with Crippen LogP contribution in [0, 0.1) is 0 Å². The van der Waals surface area contributed by atoms with Crippen LogP contribution in [0.2, 0.25) is 0 Å². The molecule has 1 N–H and O–H groups in total. The highest BCUT2D eigenvalue weighted by Gasteiger charge is 2.28. The molecule has 2 heterocycles. The van der Waals surface area contributed by atoms with E-state index in [9.17, 15) is 5.11 Å². The Labute approximate surface area is 111 Å². The average molecular weight is 260 g/mol. The third-order valence-electron chi connectivity index (χ3n) is 3.41. The Bertz CT molecular complexity index is 527. The predicted octanol–water partition coefficient (Wildman–Crippen LogP) is 2.04. The molecule has 2 atom stereocenters. The highest BCUT2D eigenvalue weighted by molar-refractivity contribution is 8.00. The van der Waals surface area contributed by atoms with Crippen LogP contribution in [0.3, 0.4) is 0 Å². The van der Waals surface area contributed by atoms with Gasteiger partial charge in [0, 0.05) is 36.0 Å². The normalized spacial score (nSPS) is 19.8. The number of aliphatic hydroxyl groups is 1. The maximum absolute atomic E-state index is 10.3. The lowest BCUT2D eigenvalue weighted by Crippen LogP contribution is -2.26. The predicted molar refractivity (Wildman–Crippen MR) is 72.7 cm³/mol. The first-order valence-corrected chi connectivity index (χ1v) is 7.01. The first kappa shape index (κ1) is 11.8. The number of hydrogen-bond donors (Lipinski definition) is 1. The Kier molecular flexibility index (Phi) is 3.14. The molecule has 0 radical (unpaired) electrons. The van der Waals surface area contributed by atoms with Crippen molar-refractivity contribution in [2.75, 3.05) is 0 Å². The molecule has 0 fully saturated rings. The van der Waals surface area contributed by atoms with Crippen LogP contribution in [0.1, 0.15) is 11.4 Å². The van der Waals surface area contributed by atoms with Crippen molar-refractivity contribution >= 4 is 11.8 Å². The average Bonchev–Trinajstić information content (AvgIpc) is 2.96. The van der Waals surface area contributed by atoms with E-state index in [0.29, 0.717) is 6.42 Å². The Balaban J connectivity index is 1.69. The van der Waals surface area contributed by atoms with Crippen molar-refractivity contribution in [3.63, 3.8) is 0 Å².